The molecule has 1 aliphatic carbocycles. The van der Waals surface area contributed by atoms with E-state index in [2.05, 4.69) is 34.9 Å². The monoisotopic (exact) mass is 456 g/mol. The first-order valence-corrected chi connectivity index (χ1v) is 11.8. The average molecular weight is 457 g/mol. The number of rotatable bonds is 11. The first kappa shape index (κ1) is 23.7. The number of aliphatic carboxylic acids is 1. The molecule has 3 N–H and O–H groups in total. The SMILES string of the molecule is CC[C@H](CC(=O)O)NC(=O)CSCCNC(=O)OCC1c2ccccc2-c2ccccc21. The van der Waals surface area contributed by atoms with Crippen molar-refractivity contribution in [1.29, 1.82) is 0 Å². The third kappa shape index (κ3) is 6.26. The van der Waals surface area contributed by atoms with Gasteiger partial charge in [0, 0.05) is 24.3 Å². The Bertz CT molecular complexity index is 919. The lowest BCUT2D eigenvalue weighted by Crippen LogP contribution is -2.37. The highest BCUT2D eigenvalue weighted by atomic mass is 32.2. The lowest BCUT2D eigenvalue weighted by atomic mass is 9.98. The van der Waals surface area contributed by atoms with Crippen LogP contribution < -0.4 is 10.6 Å². The minimum absolute atomic E-state index is 0.0172. The Hall–Kier alpha value is -3.00. The molecule has 0 fully saturated rings. The molecular formula is C24H28N2O5S. The first-order valence-electron chi connectivity index (χ1n) is 10.7. The van der Waals surface area contributed by atoms with Gasteiger partial charge < -0.3 is 20.5 Å². The Morgan fingerprint density at radius 2 is 1.69 bits per heavy atom. The fourth-order valence-corrected chi connectivity index (χ4v) is 4.48. The van der Waals surface area contributed by atoms with Gasteiger partial charge in [-0.3, -0.25) is 9.59 Å². The van der Waals surface area contributed by atoms with E-state index in [0.717, 1.165) is 11.1 Å². The zero-order valence-electron chi connectivity index (χ0n) is 18.0. The number of thioether (sulfide) groups is 1. The van der Waals surface area contributed by atoms with Crippen LogP contribution >= 0.6 is 11.8 Å². The molecule has 32 heavy (non-hydrogen) atoms. The van der Waals surface area contributed by atoms with E-state index in [1.54, 1.807) is 0 Å². The van der Waals surface area contributed by atoms with Crippen LogP contribution in [0.5, 0.6) is 0 Å². The predicted octanol–water partition coefficient (Wildman–Crippen LogP) is 3.63. The van der Waals surface area contributed by atoms with Crippen LogP contribution in [-0.4, -0.2) is 53.8 Å². The van der Waals surface area contributed by atoms with Crippen molar-refractivity contribution < 1.29 is 24.2 Å². The molecule has 0 bridgehead atoms. The molecule has 0 saturated carbocycles. The quantitative estimate of drug-likeness (QED) is 0.446. The van der Waals surface area contributed by atoms with E-state index < -0.39 is 12.1 Å². The fraction of sp³-hybridized carbons (Fsp3) is 0.375. The molecule has 0 radical (unpaired) electrons. The topological polar surface area (TPSA) is 105 Å². The highest BCUT2D eigenvalue weighted by molar-refractivity contribution is 7.99. The van der Waals surface area contributed by atoms with Gasteiger partial charge in [-0.2, -0.15) is 11.8 Å². The minimum atomic E-state index is -0.933. The summed E-state index contributed by atoms with van der Waals surface area (Å²) in [5, 5.41) is 14.3. The minimum Gasteiger partial charge on any atom is -0.481 e. The van der Waals surface area contributed by atoms with Crippen LogP contribution in [0.25, 0.3) is 11.1 Å². The van der Waals surface area contributed by atoms with E-state index in [9.17, 15) is 14.4 Å². The molecule has 0 spiro atoms. The molecule has 0 saturated heterocycles. The Kier molecular flexibility index (Phi) is 8.56. The van der Waals surface area contributed by atoms with Crippen molar-refractivity contribution in [3.8, 4) is 11.1 Å². The van der Waals surface area contributed by atoms with Crippen molar-refractivity contribution in [3.63, 3.8) is 0 Å². The number of hydrogen-bond donors (Lipinski definition) is 3. The van der Waals surface area contributed by atoms with Crippen LogP contribution in [0.15, 0.2) is 48.5 Å². The number of carboxylic acids is 1. The summed E-state index contributed by atoms with van der Waals surface area (Å²) in [7, 11) is 0. The normalized spacial score (nSPS) is 13.0. The van der Waals surface area contributed by atoms with Crippen molar-refractivity contribution in [2.45, 2.75) is 31.7 Å². The lowest BCUT2D eigenvalue weighted by molar-refractivity contribution is -0.137. The molecule has 0 aromatic heterocycles. The number of alkyl carbamates (subject to hydrolysis) is 1. The number of amides is 2. The van der Waals surface area contributed by atoms with Crippen molar-refractivity contribution in [2.75, 3.05) is 24.7 Å². The highest BCUT2D eigenvalue weighted by Crippen LogP contribution is 2.44. The summed E-state index contributed by atoms with van der Waals surface area (Å²) in [5.41, 5.74) is 4.69. The Balaban J connectivity index is 1.37. The third-order valence-electron chi connectivity index (χ3n) is 5.37. The summed E-state index contributed by atoms with van der Waals surface area (Å²) in [5.74, 6) is -0.361. The largest absolute Gasteiger partial charge is 0.481 e. The predicted molar refractivity (Wildman–Crippen MR) is 125 cm³/mol. The van der Waals surface area contributed by atoms with Gasteiger partial charge >= 0.3 is 12.1 Å². The highest BCUT2D eigenvalue weighted by Gasteiger charge is 2.28. The molecule has 2 amide bonds. The maximum Gasteiger partial charge on any atom is 0.407 e. The van der Waals surface area contributed by atoms with Crippen molar-refractivity contribution >= 4 is 29.7 Å². The molecule has 0 heterocycles. The van der Waals surface area contributed by atoms with Gasteiger partial charge in [-0.05, 0) is 28.7 Å². The van der Waals surface area contributed by atoms with E-state index >= 15 is 0 Å². The van der Waals surface area contributed by atoms with Crippen LogP contribution in [0.2, 0.25) is 0 Å². The third-order valence-corrected chi connectivity index (χ3v) is 6.33. The summed E-state index contributed by atoms with van der Waals surface area (Å²) < 4.78 is 5.48. The van der Waals surface area contributed by atoms with E-state index in [1.807, 2.05) is 31.2 Å². The summed E-state index contributed by atoms with van der Waals surface area (Å²) in [6.07, 6.45) is -0.00752. The van der Waals surface area contributed by atoms with Crippen LogP contribution in [0, 0.1) is 0 Å². The molecule has 8 heteroatoms. The van der Waals surface area contributed by atoms with E-state index in [1.165, 1.54) is 22.9 Å². The first-order chi connectivity index (χ1) is 15.5. The second-order valence-electron chi connectivity index (χ2n) is 7.58. The molecule has 7 nitrogen and oxygen atoms in total. The fourth-order valence-electron chi connectivity index (χ4n) is 3.82. The molecule has 1 atom stereocenters. The zero-order valence-corrected chi connectivity index (χ0v) is 18.8. The van der Waals surface area contributed by atoms with Gasteiger partial charge in [-0.15, -0.1) is 0 Å². The smallest absolute Gasteiger partial charge is 0.407 e. The van der Waals surface area contributed by atoms with Crippen molar-refractivity contribution in [3.05, 3.63) is 59.7 Å². The number of hydrogen-bond acceptors (Lipinski definition) is 5. The van der Waals surface area contributed by atoms with Crippen LogP contribution in [0.3, 0.4) is 0 Å². The van der Waals surface area contributed by atoms with Gasteiger partial charge in [-0.1, -0.05) is 55.5 Å². The summed E-state index contributed by atoms with van der Waals surface area (Å²) in [6, 6.07) is 16.0. The molecule has 0 aliphatic heterocycles. The molecule has 2 aromatic carbocycles. The van der Waals surface area contributed by atoms with Gasteiger partial charge in [0.25, 0.3) is 0 Å². The maximum atomic E-state index is 12.1. The second kappa shape index (κ2) is 11.6. The summed E-state index contributed by atoms with van der Waals surface area (Å²) in [4.78, 5) is 34.8. The molecule has 0 unspecified atom stereocenters. The van der Waals surface area contributed by atoms with Gasteiger partial charge in [-0.25, -0.2) is 4.79 Å². The van der Waals surface area contributed by atoms with Crippen molar-refractivity contribution in [1.82, 2.24) is 10.6 Å². The van der Waals surface area contributed by atoms with Gasteiger partial charge in [0.05, 0.1) is 12.2 Å². The number of carbonyl (C=O) groups excluding carboxylic acids is 2. The Labute approximate surface area is 191 Å². The van der Waals surface area contributed by atoms with Gasteiger partial charge in [0.2, 0.25) is 5.91 Å². The summed E-state index contributed by atoms with van der Waals surface area (Å²) in [6.45, 7) is 2.47. The van der Waals surface area contributed by atoms with Gasteiger partial charge in [0.15, 0.2) is 0 Å². The van der Waals surface area contributed by atoms with E-state index in [4.69, 9.17) is 9.84 Å². The molecule has 170 valence electrons. The number of fused-ring (bicyclic) bond motifs is 3. The molecule has 2 aromatic rings. The standard InChI is InChI=1S/C24H28N2O5S/c1-2-16(13-23(28)29)26-22(27)15-32-12-11-25-24(30)31-14-21-19-9-5-3-7-17(19)18-8-4-6-10-20(18)21/h3-10,16,21H,2,11-15H2,1H3,(H,25,30)(H,26,27)(H,28,29)/t16-/m1/s1. The molecular weight excluding hydrogens is 428 g/mol. The number of carboxylic acid groups (broad SMARTS) is 1. The van der Waals surface area contributed by atoms with Crippen molar-refractivity contribution in [2.24, 2.45) is 0 Å². The van der Waals surface area contributed by atoms with Gasteiger partial charge in [0.1, 0.15) is 6.61 Å². The zero-order chi connectivity index (χ0) is 22.9. The second-order valence-corrected chi connectivity index (χ2v) is 8.68. The number of nitrogens with one attached hydrogen (secondary N) is 2. The average Bonchev–Trinajstić information content (AvgIpc) is 3.10. The number of benzene rings is 2. The lowest BCUT2D eigenvalue weighted by Gasteiger charge is -2.15. The molecule has 1 aliphatic rings. The van der Waals surface area contributed by atoms with E-state index in [-0.39, 0.29) is 36.6 Å². The number of carbonyl (C=O) groups is 3. The van der Waals surface area contributed by atoms with Crippen LogP contribution in [0.4, 0.5) is 4.79 Å². The number of ether oxygens (including phenoxy) is 1. The summed E-state index contributed by atoms with van der Waals surface area (Å²) >= 11 is 1.37. The Morgan fingerprint density at radius 3 is 2.28 bits per heavy atom. The van der Waals surface area contributed by atoms with E-state index in [0.29, 0.717) is 18.7 Å². The van der Waals surface area contributed by atoms with Crippen LogP contribution in [-0.2, 0) is 14.3 Å². The Morgan fingerprint density at radius 1 is 1.06 bits per heavy atom. The maximum absolute atomic E-state index is 12.1. The molecule has 3 rings (SSSR count). The van der Waals surface area contributed by atoms with Crippen LogP contribution in [0.1, 0.15) is 36.8 Å².